The molecule has 1 aliphatic heterocycles. The fraction of sp³-hybridized carbons (Fsp3) is 0.500. The minimum atomic E-state index is -4.34. The van der Waals surface area contributed by atoms with E-state index >= 15 is 0 Å². The third kappa shape index (κ3) is 3.05. The molecular weight excluding hydrogens is 271 g/mol. The third-order valence-electron chi connectivity index (χ3n) is 3.42. The molecule has 0 aromatic heterocycles. The summed E-state index contributed by atoms with van der Waals surface area (Å²) in [5.74, 6) is 0.232. The van der Waals surface area contributed by atoms with Gasteiger partial charge in [0.05, 0.1) is 11.6 Å². The van der Waals surface area contributed by atoms with Gasteiger partial charge in [0.15, 0.2) is 0 Å². The molecule has 1 atom stereocenters. The van der Waals surface area contributed by atoms with Crippen LogP contribution >= 0.6 is 0 Å². The van der Waals surface area contributed by atoms with Gasteiger partial charge in [0.1, 0.15) is 6.61 Å². The molecule has 3 nitrogen and oxygen atoms in total. The number of nitrogens with zero attached hydrogens (tertiary/aromatic N) is 1. The molecular formula is C14H16F3NO2. The number of hydrogen-bond donors (Lipinski definition) is 0. The molecule has 0 aliphatic carbocycles. The minimum Gasteiger partial charge on any atom is -0.447 e. The highest BCUT2D eigenvalue weighted by atomic mass is 19.4. The number of cyclic esters (lactones) is 1. The SMILES string of the molecule is CC(C)[C@H]1COC(=O)N1Cc1ccc(C(F)(F)F)cc1. The molecule has 0 saturated carbocycles. The normalized spacial score (nSPS) is 19.6. The predicted octanol–water partition coefficient (Wildman–Crippen LogP) is 3.68. The zero-order chi connectivity index (χ0) is 14.9. The van der Waals surface area contributed by atoms with Gasteiger partial charge in [0.25, 0.3) is 0 Å². The molecule has 1 amide bonds. The van der Waals surface area contributed by atoms with Crippen LogP contribution in [0.3, 0.4) is 0 Å². The molecule has 0 spiro atoms. The monoisotopic (exact) mass is 287 g/mol. The van der Waals surface area contributed by atoms with E-state index in [1.165, 1.54) is 12.1 Å². The number of benzene rings is 1. The fourth-order valence-corrected chi connectivity index (χ4v) is 2.19. The summed E-state index contributed by atoms with van der Waals surface area (Å²) in [5.41, 5.74) is -0.0341. The first-order valence-corrected chi connectivity index (χ1v) is 6.38. The quantitative estimate of drug-likeness (QED) is 0.848. The van der Waals surface area contributed by atoms with Gasteiger partial charge in [-0.25, -0.2) is 4.79 Å². The summed E-state index contributed by atoms with van der Waals surface area (Å²) in [7, 11) is 0. The van der Waals surface area contributed by atoms with Gasteiger partial charge in [-0.05, 0) is 23.6 Å². The van der Waals surface area contributed by atoms with Gasteiger partial charge >= 0.3 is 12.3 Å². The van der Waals surface area contributed by atoms with Crippen LogP contribution < -0.4 is 0 Å². The van der Waals surface area contributed by atoms with E-state index in [1.54, 1.807) is 4.90 Å². The number of carbonyl (C=O) groups is 1. The van der Waals surface area contributed by atoms with Crippen molar-refractivity contribution >= 4 is 6.09 Å². The Morgan fingerprint density at radius 1 is 1.30 bits per heavy atom. The maximum Gasteiger partial charge on any atom is 0.416 e. The van der Waals surface area contributed by atoms with Crippen LogP contribution in [0.25, 0.3) is 0 Å². The van der Waals surface area contributed by atoms with Crippen molar-refractivity contribution in [1.29, 1.82) is 0 Å². The summed E-state index contributed by atoms with van der Waals surface area (Å²) in [6.07, 6.45) is -4.76. The van der Waals surface area contributed by atoms with E-state index in [-0.39, 0.29) is 18.5 Å². The van der Waals surface area contributed by atoms with Crippen LogP contribution in [0.15, 0.2) is 24.3 Å². The molecule has 1 aromatic rings. The van der Waals surface area contributed by atoms with Crippen LogP contribution in [0.5, 0.6) is 0 Å². The predicted molar refractivity (Wildman–Crippen MR) is 67.0 cm³/mol. The van der Waals surface area contributed by atoms with E-state index in [0.29, 0.717) is 12.2 Å². The molecule has 1 heterocycles. The van der Waals surface area contributed by atoms with Crippen molar-refractivity contribution in [2.45, 2.75) is 32.6 Å². The Bertz CT molecular complexity index is 482. The molecule has 20 heavy (non-hydrogen) atoms. The number of ether oxygens (including phenoxy) is 1. The van der Waals surface area contributed by atoms with Crippen LogP contribution in [0.4, 0.5) is 18.0 Å². The van der Waals surface area contributed by atoms with E-state index in [4.69, 9.17) is 4.74 Å². The van der Waals surface area contributed by atoms with Crippen molar-refractivity contribution in [2.24, 2.45) is 5.92 Å². The van der Waals surface area contributed by atoms with Crippen molar-refractivity contribution in [3.05, 3.63) is 35.4 Å². The summed E-state index contributed by atoms with van der Waals surface area (Å²) in [6, 6.07) is 4.81. The minimum absolute atomic E-state index is 0.0372. The number of hydrogen-bond acceptors (Lipinski definition) is 2. The summed E-state index contributed by atoms with van der Waals surface area (Å²) in [4.78, 5) is 13.2. The zero-order valence-corrected chi connectivity index (χ0v) is 11.3. The number of rotatable bonds is 3. The Labute approximate surface area is 115 Å². The fourth-order valence-electron chi connectivity index (χ4n) is 2.19. The molecule has 6 heteroatoms. The first kappa shape index (κ1) is 14.7. The molecule has 110 valence electrons. The lowest BCUT2D eigenvalue weighted by atomic mass is 10.0. The average molecular weight is 287 g/mol. The Hall–Kier alpha value is -1.72. The number of carbonyl (C=O) groups excluding carboxylic acids is 1. The first-order valence-electron chi connectivity index (χ1n) is 6.38. The second-order valence-corrected chi connectivity index (χ2v) is 5.21. The molecule has 1 aliphatic rings. The number of halogens is 3. The van der Waals surface area contributed by atoms with Gasteiger partial charge in [0.2, 0.25) is 0 Å². The summed E-state index contributed by atoms with van der Waals surface area (Å²) < 4.78 is 42.4. The Balaban J connectivity index is 2.11. The molecule has 0 N–H and O–H groups in total. The topological polar surface area (TPSA) is 29.5 Å². The van der Waals surface area contributed by atoms with Crippen LogP contribution in [-0.4, -0.2) is 23.6 Å². The van der Waals surface area contributed by atoms with E-state index in [1.807, 2.05) is 13.8 Å². The molecule has 0 unspecified atom stereocenters. The highest BCUT2D eigenvalue weighted by Gasteiger charge is 2.35. The Morgan fingerprint density at radius 2 is 1.90 bits per heavy atom. The maximum atomic E-state index is 12.5. The van der Waals surface area contributed by atoms with Crippen LogP contribution in [0, 0.1) is 5.92 Å². The van der Waals surface area contributed by atoms with Gasteiger partial charge in [-0.15, -0.1) is 0 Å². The molecule has 1 aromatic carbocycles. The van der Waals surface area contributed by atoms with Gasteiger partial charge in [-0.3, -0.25) is 4.90 Å². The van der Waals surface area contributed by atoms with Crippen molar-refractivity contribution in [2.75, 3.05) is 6.61 Å². The van der Waals surface area contributed by atoms with E-state index in [9.17, 15) is 18.0 Å². The lowest BCUT2D eigenvalue weighted by Crippen LogP contribution is -2.36. The smallest absolute Gasteiger partial charge is 0.416 e. The van der Waals surface area contributed by atoms with Gasteiger partial charge in [-0.1, -0.05) is 26.0 Å². The first-order chi connectivity index (χ1) is 9.29. The average Bonchev–Trinajstić information content (AvgIpc) is 2.71. The number of amides is 1. The second-order valence-electron chi connectivity index (χ2n) is 5.21. The molecule has 2 rings (SSSR count). The maximum absolute atomic E-state index is 12.5. The van der Waals surface area contributed by atoms with Crippen molar-refractivity contribution < 1.29 is 22.7 Å². The van der Waals surface area contributed by atoms with Gasteiger partial charge in [-0.2, -0.15) is 13.2 Å². The Kier molecular flexibility index (Phi) is 3.92. The largest absolute Gasteiger partial charge is 0.447 e. The number of alkyl halides is 3. The van der Waals surface area contributed by atoms with E-state index in [0.717, 1.165) is 12.1 Å². The van der Waals surface area contributed by atoms with Gasteiger partial charge < -0.3 is 4.74 Å². The zero-order valence-electron chi connectivity index (χ0n) is 11.3. The van der Waals surface area contributed by atoms with E-state index < -0.39 is 17.8 Å². The summed E-state index contributed by atoms with van der Waals surface area (Å²) >= 11 is 0. The Morgan fingerprint density at radius 3 is 2.40 bits per heavy atom. The lowest BCUT2D eigenvalue weighted by molar-refractivity contribution is -0.137. The highest BCUT2D eigenvalue weighted by molar-refractivity contribution is 5.70. The van der Waals surface area contributed by atoms with Crippen molar-refractivity contribution in [3.63, 3.8) is 0 Å². The molecule has 1 fully saturated rings. The van der Waals surface area contributed by atoms with Gasteiger partial charge in [0, 0.05) is 6.54 Å². The molecule has 1 saturated heterocycles. The highest BCUT2D eigenvalue weighted by Crippen LogP contribution is 2.29. The second kappa shape index (κ2) is 5.34. The standard InChI is InChI=1S/C14H16F3NO2/c1-9(2)12-8-20-13(19)18(12)7-10-3-5-11(6-4-10)14(15,16)17/h3-6,9,12H,7-8H2,1-2H3/t12-/m1/s1. The summed E-state index contributed by atoms with van der Waals surface area (Å²) in [6.45, 7) is 4.55. The van der Waals surface area contributed by atoms with Crippen molar-refractivity contribution in [1.82, 2.24) is 4.90 Å². The molecule has 0 radical (unpaired) electrons. The van der Waals surface area contributed by atoms with Crippen molar-refractivity contribution in [3.8, 4) is 0 Å². The van der Waals surface area contributed by atoms with Crippen LogP contribution in [0.1, 0.15) is 25.0 Å². The van der Waals surface area contributed by atoms with E-state index in [2.05, 4.69) is 0 Å². The van der Waals surface area contributed by atoms with Crippen LogP contribution in [0.2, 0.25) is 0 Å². The third-order valence-corrected chi connectivity index (χ3v) is 3.42. The van der Waals surface area contributed by atoms with Crippen LogP contribution in [-0.2, 0) is 17.5 Å². The summed E-state index contributed by atoms with van der Waals surface area (Å²) in [5, 5.41) is 0. The molecule has 0 bridgehead atoms. The lowest BCUT2D eigenvalue weighted by Gasteiger charge is -2.24.